The lowest BCUT2D eigenvalue weighted by Crippen LogP contribution is -1.97. The van der Waals surface area contributed by atoms with E-state index in [1.165, 1.54) is 12.1 Å². The van der Waals surface area contributed by atoms with Gasteiger partial charge < -0.3 is 9.54 Å². The van der Waals surface area contributed by atoms with Gasteiger partial charge in [-0.2, -0.15) is 0 Å². The summed E-state index contributed by atoms with van der Waals surface area (Å²) in [5.41, 5.74) is 1.74. The van der Waals surface area contributed by atoms with Gasteiger partial charge in [0.25, 0.3) is 0 Å². The summed E-state index contributed by atoms with van der Waals surface area (Å²) in [7, 11) is -4.40. The summed E-state index contributed by atoms with van der Waals surface area (Å²) >= 11 is 0. The van der Waals surface area contributed by atoms with Crippen LogP contribution < -0.4 is 0 Å². The molecule has 0 aliphatic carbocycles. The van der Waals surface area contributed by atoms with E-state index in [9.17, 15) is 13.0 Å². The Kier molecular flexibility index (Phi) is 2.01. The molecule has 1 N–H and O–H groups in total. The minimum atomic E-state index is -4.40. The summed E-state index contributed by atoms with van der Waals surface area (Å²) in [5, 5.41) is 1.66. The van der Waals surface area contributed by atoms with Crippen LogP contribution in [0.25, 0.3) is 21.8 Å². The van der Waals surface area contributed by atoms with Gasteiger partial charge in [0.05, 0.1) is 4.90 Å². The van der Waals surface area contributed by atoms with E-state index < -0.39 is 10.1 Å². The molecule has 2 aromatic carbocycles. The first-order valence-electron chi connectivity index (χ1n) is 5.02. The molecule has 3 rings (SSSR count). The smallest absolute Gasteiger partial charge is 0.124 e. The predicted molar refractivity (Wildman–Crippen MR) is 63.8 cm³/mol. The molecule has 0 aliphatic heterocycles. The Hall–Kier alpha value is -1.85. The van der Waals surface area contributed by atoms with Crippen LogP contribution in [0, 0.1) is 0 Å². The molecule has 0 atom stereocenters. The van der Waals surface area contributed by atoms with Gasteiger partial charge in [0.15, 0.2) is 0 Å². The third-order valence-corrected chi connectivity index (χ3v) is 3.60. The van der Waals surface area contributed by atoms with Gasteiger partial charge in [-0.3, -0.25) is 0 Å². The molecule has 86 valence electrons. The summed E-state index contributed by atoms with van der Waals surface area (Å²) in [4.78, 5) is 2.96. The number of hydrogen-bond acceptors (Lipinski definition) is 3. The number of para-hydroxylation sites is 1. The number of nitrogens with one attached hydrogen (secondary N) is 1. The lowest BCUT2D eigenvalue weighted by Gasteiger charge is -2.06. The van der Waals surface area contributed by atoms with Gasteiger partial charge in [0.1, 0.15) is 10.1 Å². The van der Waals surface area contributed by atoms with Crippen molar-refractivity contribution in [1.82, 2.24) is 4.98 Å². The van der Waals surface area contributed by atoms with Crippen LogP contribution in [0.5, 0.6) is 0 Å². The molecule has 0 bridgehead atoms. The van der Waals surface area contributed by atoms with Crippen molar-refractivity contribution in [2.75, 3.05) is 0 Å². The van der Waals surface area contributed by atoms with Crippen molar-refractivity contribution in [3.63, 3.8) is 0 Å². The first-order valence-corrected chi connectivity index (χ1v) is 6.43. The highest BCUT2D eigenvalue weighted by molar-refractivity contribution is 7.85. The van der Waals surface area contributed by atoms with Gasteiger partial charge >= 0.3 is 0 Å². The summed E-state index contributed by atoms with van der Waals surface area (Å²) < 4.78 is 32.9. The number of fused-ring (bicyclic) bond motifs is 3. The highest BCUT2D eigenvalue weighted by Gasteiger charge is 2.07. The molecule has 0 fully saturated rings. The van der Waals surface area contributed by atoms with Crippen molar-refractivity contribution in [2.24, 2.45) is 0 Å². The van der Waals surface area contributed by atoms with E-state index in [1.807, 2.05) is 24.3 Å². The zero-order chi connectivity index (χ0) is 12.0. The highest BCUT2D eigenvalue weighted by atomic mass is 32.2. The molecule has 0 saturated carbocycles. The van der Waals surface area contributed by atoms with Crippen LogP contribution in [0.4, 0.5) is 0 Å². The number of aromatic nitrogens is 1. The molecule has 0 radical (unpaired) electrons. The van der Waals surface area contributed by atoms with Crippen molar-refractivity contribution in [2.45, 2.75) is 4.90 Å². The fourth-order valence-corrected chi connectivity index (χ4v) is 2.48. The summed E-state index contributed by atoms with van der Waals surface area (Å²) in [6, 6.07) is 11.9. The van der Waals surface area contributed by atoms with Crippen molar-refractivity contribution >= 4 is 31.9 Å². The summed E-state index contributed by atoms with van der Waals surface area (Å²) in [6.45, 7) is 0. The van der Waals surface area contributed by atoms with Gasteiger partial charge in [-0.25, -0.2) is 8.42 Å². The zero-order valence-corrected chi connectivity index (χ0v) is 9.49. The first-order chi connectivity index (χ1) is 8.05. The Bertz CT molecular complexity index is 818. The van der Waals surface area contributed by atoms with E-state index >= 15 is 0 Å². The first kappa shape index (κ1) is 10.3. The highest BCUT2D eigenvalue weighted by Crippen LogP contribution is 2.27. The molecular weight excluding hydrogens is 238 g/mol. The van der Waals surface area contributed by atoms with E-state index in [4.69, 9.17) is 0 Å². The summed E-state index contributed by atoms with van der Waals surface area (Å²) in [5.74, 6) is 0. The van der Waals surface area contributed by atoms with Gasteiger partial charge in [0.2, 0.25) is 0 Å². The van der Waals surface area contributed by atoms with Crippen molar-refractivity contribution in [1.29, 1.82) is 0 Å². The van der Waals surface area contributed by atoms with E-state index in [0.29, 0.717) is 0 Å². The number of rotatable bonds is 1. The van der Waals surface area contributed by atoms with Crippen molar-refractivity contribution < 1.29 is 13.0 Å². The molecule has 0 aliphatic rings. The van der Waals surface area contributed by atoms with Crippen LogP contribution in [0.2, 0.25) is 0 Å². The Labute approximate surface area is 97.6 Å². The fourth-order valence-electron chi connectivity index (χ4n) is 1.98. The Morgan fingerprint density at radius 2 is 1.65 bits per heavy atom. The second kappa shape index (κ2) is 3.32. The molecule has 1 heterocycles. The van der Waals surface area contributed by atoms with Gasteiger partial charge in [-0.1, -0.05) is 18.2 Å². The average Bonchev–Trinajstić information content (AvgIpc) is 2.65. The third kappa shape index (κ3) is 1.60. The standard InChI is InChI=1S/C12H9NO3S/c14-17(15,16)8-5-6-12-10(7-8)9-3-1-2-4-11(9)13-12/h1-7,13H,(H,14,15,16)/p-1. The molecule has 1 aromatic heterocycles. The Morgan fingerprint density at radius 1 is 0.941 bits per heavy atom. The maximum absolute atomic E-state index is 11.0. The minimum absolute atomic E-state index is 0.199. The van der Waals surface area contributed by atoms with Crippen LogP contribution in [0.1, 0.15) is 0 Å². The maximum Gasteiger partial charge on any atom is 0.124 e. The lowest BCUT2D eigenvalue weighted by atomic mass is 10.1. The molecule has 0 saturated heterocycles. The van der Waals surface area contributed by atoms with E-state index in [1.54, 1.807) is 6.07 Å². The molecule has 17 heavy (non-hydrogen) atoms. The normalized spacial score (nSPS) is 12.3. The topological polar surface area (TPSA) is 73.0 Å². The molecule has 0 spiro atoms. The number of benzene rings is 2. The number of aromatic amines is 1. The largest absolute Gasteiger partial charge is 0.744 e. The fraction of sp³-hybridized carbons (Fsp3) is 0. The van der Waals surface area contributed by atoms with Crippen LogP contribution in [-0.2, 0) is 10.1 Å². The number of hydrogen-bond donors (Lipinski definition) is 1. The second-order valence-electron chi connectivity index (χ2n) is 3.83. The van der Waals surface area contributed by atoms with Gasteiger partial charge in [0, 0.05) is 21.8 Å². The van der Waals surface area contributed by atoms with E-state index in [-0.39, 0.29) is 4.90 Å². The average molecular weight is 246 g/mol. The van der Waals surface area contributed by atoms with Crippen LogP contribution in [0.3, 0.4) is 0 Å². The van der Waals surface area contributed by atoms with Crippen LogP contribution in [-0.4, -0.2) is 18.0 Å². The van der Waals surface area contributed by atoms with Crippen LogP contribution in [0.15, 0.2) is 47.4 Å². The molecule has 3 aromatic rings. The lowest BCUT2D eigenvalue weighted by molar-refractivity contribution is 0.463. The Balaban J connectivity index is 2.46. The molecule has 4 nitrogen and oxygen atoms in total. The molecular formula is C12H8NO3S-. The van der Waals surface area contributed by atoms with E-state index in [2.05, 4.69) is 4.98 Å². The second-order valence-corrected chi connectivity index (χ2v) is 5.21. The Morgan fingerprint density at radius 3 is 2.41 bits per heavy atom. The van der Waals surface area contributed by atoms with Gasteiger partial charge in [-0.15, -0.1) is 0 Å². The SMILES string of the molecule is O=S(=O)([O-])c1ccc2[nH]c3ccccc3c2c1. The molecule has 5 heteroatoms. The van der Waals surface area contributed by atoms with Crippen LogP contribution >= 0.6 is 0 Å². The minimum Gasteiger partial charge on any atom is -0.744 e. The van der Waals surface area contributed by atoms with Gasteiger partial charge in [-0.05, 0) is 24.3 Å². The van der Waals surface area contributed by atoms with Crippen molar-refractivity contribution in [3.8, 4) is 0 Å². The monoisotopic (exact) mass is 246 g/mol. The summed E-state index contributed by atoms with van der Waals surface area (Å²) in [6.07, 6.45) is 0. The van der Waals surface area contributed by atoms with E-state index in [0.717, 1.165) is 21.8 Å². The zero-order valence-electron chi connectivity index (χ0n) is 8.67. The molecule has 0 unspecified atom stereocenters. The maximum atomic E-state index is 11.0. The number of H-pyrrole nitrogens is 1. The quantitative estimate of drug-likeness (QED) is 0.669. The predicted octanol–water partition coefficient (Wildman–Crippen LogP) is 2.23. The third-order valence-electron chi connectivity index (χ3n) is 2.77. The molecule has 0 amide bonds. The van der Waals surface area contributed by atoms with Crippen molar-refractivity contribution in [3.05, 3.63) is 42.5 Å².